The number of rotatable bonds is 5. The maximum absolute atomic E-state index is 12.1. The predicted octanol–water partition coefficient (Wildman–Crippen LogP) is 1.71. The third-order valence-corrected chi connectivity index (χ3v) is 6.59. The second kappa shape index (κ2) is 7.32. The third-order valence-electron chi connectivity index (χ3n) is 4.74. The Kier molecular flexibility index (Phi) is 4.85. The largest absolute Gasteiger partial charge is 0.493 e. The summed E-state index contributed by atoms with van der Waals surface area (Å²) in [6, 6.07) is 1.53. The molecule has 0 aromatic carbocycles. The van der Waals surface area contributed by atoms with Crippen molar-refractivity contribution in [3.63, 3.8) is 0 Å². The lowest BCUT2D eigenvalue weighted by Crippen LogP contribution is -2.41. The van der Waals surface area contributed by atoms with Crippen molar-refractivity contribution in [1.82, 2.24) is 29.0 Å². The van der Waals surface area contributed by atoms with Crippen molar-refractivity contribution < 1.29 is 18.3 Å². The first kappa shape index (κ1) is 18.6. The highest BCUT2D eigenvalue weighted by Gasteiger charge is 2.29. The van der Waals surface area contributed by atoms with Gasteiger partial charge in [0.15, 0.2) is 5.75 Å². The molecule has 1 atom stereocenters. The van der Waals surface area contributed by atoms with Crippen LogP contribution in [0.4, 0.5) is 0 Å². The van der Waals surface area contributed by atoms with E-state index in [-0.39, 0.29) is 23.7 Å². The van der Waals surface area contributed by atoms with Crippen molar-refractivity contribution in [1.29, 1.82) is 0 Å². The summed E-state index contributed by atoms with van der Waals surface area (Å²) in [6.45, 7) is 2.57. The number of nitrogens with zero attached hydrogens (tertiary/aromatic N) is 6. The summed E-state index contributed by atoms with van der Waals surface area (Å²) in [6.07, 6.45) is 7.85. The molecule has 3 aromatic heterocycles. The van der Waals surface area contributed by atoms with Crippen LogP contribution in [-0.2, 0) is 10.0 Å². The second-order valence-electron chi connectivity index (χ2n) is 6.54. The Balaban J connectivity index is 1.52. The Morgan fingerprint density at radius 3 is 3.00 bits per heavy atom. The van der Waals surface area contributed by atoms with Crippen molar-refractivity contribution in [2.45, 2.75) is 25.8 Å². The maximum atomic E-state index is 12.1. The molecule has 3 aromatic rings. The first-order valence-corrected chi connectivity index (χ1v) is 10.6. The zero-order valence-electron chi connectivity index (χ0n) is 15.3. The van der Waals surface area contributed by atoms with Crippen molar-refractivity contribution >= 4 is 20.9 Å². The van der Waals surface area contributed by atoms with Crippen LogP contribution >= 0.6 is 0 Å². The van der Waals surface area contributed by atoms with E-state index in [0.717, 1.165) is 12.8 Å². The summed E-state index contributed by atoms with van der Waals surface area (Å²) in [5.74, 6) is 0.297. The fourth-order valence-corrected chi connectivity index (χ4v) is 4.41. The van der Waals surface area contributed by atoms with Gasteiger partial charge in [-0.15, -0.1) is 0 Å². The van der Waals surface area contributed by atoms with E-state index >= 15 is 0 Å². The first-order chi connectivity index (χ1) is 13.5. The van der Waals surface area contributed by atoms with Gasteiger partial charge in [-0.05, 0) is 25.8 Å². The number of pyridine rings is 1. The fraction of sp³-hybridized carbons (Fsp3) is 0.412. The lowest BCUT2D eigenvalue weighted by atomic mass is 10.1. The summed E-state index contributed by atoms with van der Waals surface area (Å²) in [5.41, 5.74) is 0.463. The molecule has 1 fully saturated rings. The van der Waals surface area contributed by atoms with Crippen LogP contribution in [0.3, 0.4) is 0 Å². The van der Waals surface area contributed by atoms with Crippen LogP contribution in [-0.4, -0.2) is 61.4 Å². The van der Waals surface area contributed by atoms with E-state index in [2.05, 4.69) is 20.1 Å². The number of hydrogen-bond donors (Lipinski definition) is 1. The van der Waals surface area contributed by atoms with E-state index in [1.54, 1.807) is 30.1 Å². The van der Waals surface area contributed by atoms with Crippen LogP contribution in [0, 0.1) is 0 Å². The average Bonchev–Trinajstić information content (AvgIpc) is 3.16. The first-order valence-electron chi connectivity index (χ1n) is 8.97. The van der Waals surface area contributed by atoms with Crippen LogP contribution in [0.25, 0.3) is 10.9 Å². The van der Waals surface area contributed by atoms with E-state index in [1.165, 1.54) is 16.7 Å². The summed E-state index contributed by atoms with van der Waals surface area (Å²) >= 11 is 0. The zero-order chi connectivity index (χ0) is 19.7. The lowest BCUT2D eigenvalue weighted by Gasteiger charge is -2.31. The van der Waals surface area contributed by atoms with E-state index in [0.29, 0.717) is 29.7 Å². The number of aromatic nitrogens is 5. The molecule has 148 valence electrons. The Morgan fingerprint density at radius 2 is 2.18 bits per heavy atom. The average molecular weight is 404 g/mol. The molecule has 0 saturated carbocycles. The van der Waals surface area contributed by atoms with Gasteiger partial charge in [0.2, 0.25) is 15.9 Å². The number of aromatic hydroxyl groups is 1. The minimum atomic E-state index is -3.22. The Morgan fingerprint density at radius 1 is 1.32 bits per heavy atom. The number of hydrogen-bond acceptors (Lipinski definition) is 8. The number of sulfonamides is 1. The lowest BCUT2D eigenvalue weighted by molar-refractivity contribution is 0.253. The molecular formula is C17H20N6O4S. The van der Waals surface area contributed by atoms with Gasteiger partial charge in [-0.2, -0.15) is 19.4 Å². The van der Waals surface area contributed by atoms with Gasteiger partial charge < -0.3 is 9.84 Å². The van der Waals surface area contributed by atoms with E-state index in [9.17, 15) is 13.5 Å². The van der Waals surface area contributed by atoms with Gasteiger partial charge in [0, 0.05) is 19.3 Å². The third kappa shape index (κ3) is 3.62. The van der Waals surface area contributed by atoms with Crippen molar-refractivity contribution in [3.8, 4) is 17.6 Å². The Bertz CT molecular complexity index is 1100. The Labute approximate surface area is 161 Å². The van der Waals surface area contributed by atoms with Crippen LogP contribution < -0.4 is 4.74 Å². The zero-order valence-corrected chi connectivity index (χ0v) is 16.1. The van der Waals surface area contributed by atoms with Gasteiger partial charge in [-0.25, -0.2) is 8.42 Å². The summed E-state index contributed by atoms with van der Waals surface area (Å²) < 4.78 is 33.1. The molecule has 1 aliphatic heterocycles. The summed E-state index contributed by atoms with van der Waals surface area (Å²) in [4.78, 5) is 12.1. The molecule has 11 heteroatoms. The highest BCUT2D eigenvalue weighted by molar-refractivity contribution is 7.89. The maximum Gasteiger partial charge on any atom is 0.326 e. The van der Waals surface area contributed by atoms with Gasteiger partial charge >= 0.3 is 6.01 Å². The molecule has 1 saturated heterocycles. The molecule has 0 radical (unpaired) electrons. The standard InChI is InChI=1S/C17H20N6O4S/c1-2-28(25,26)22-7-3-4-12(10-22)23-11-13(8-19-23)27-17-20-15-9-18-6-5-14(15)16(24)21-17/h5-6,8-9,11-12H,2-4,7,10H2,1H3,(H,20,21,24)/t12-/m1/s1. The van der Waals surface area contributed by atoms with Crippen LogP contribution in [0.2, 0.25) is 0 Å². The molecule has 10 nitrogen and oxygen atoms in total. The van der Waals surface area contributed by atoms with Crippen LogP contribution in [0.1, 0.15) is 25.8 Å². The van der Waals surface area contributed by atoms with Gasteiger partial charge in [-0.1, -0.05) is 0 Å². The quantitative estimate of drug-likeness (QED) is 0.682. The topological polar surface area (TPSA) is 123 Å². The van der Waals surface area contributed by atoms with E-state index in [1.807, 2.05) is 0 Å². The molecule has 4 rings (SSSR count). The molecule has 1 N–H and O–H groups in total. The monoisotopic (exact) mass is 404 g/mol. The second-order valence-corrected chi connectivity index (χ2v) is 8.79. The van der Waals surface area contributed by atoms with Gasteiger partial charge in [-0.3, -0.25) is 9.67 Å². The van der Waals surface area contributed by atoms with Crippen LogP contribution in [0.15, 0.2) is 30.9 Å². The minimum absolute atomic E-state index is 0.0172. The molecule has 0 spiro atoms. The van der Waals surface area contributed by atoms with Crippen molar-refractivity contribution in [3.05, 3.63) is 30.9 Å². The normalized spacial score (nSPS) is 18.4. The number of piperidine rings is 1. The van der Waals surface area contributed by atoms with Crippen molar-refractivity contribution in [2.75, 3.05) is 18.8 Å². The molecule has 0 unspecified atom stereocenters. The van der Waals surface area contributed by atoms with E-state index < -0.39 is 10.0 Å². The number of fused-ring (bicyclic) bond motifs is 1. The number of ether oxygens (including phenoxy) is 1. The predicted molar refractivity (Wildman–Crippen MR) is 101 cm³/mol. The van der Waals surface area contributed by atoms with Crippen LogP contribution in [0.5, 0.6) is 17.6 Å². The fourth-order valence-electron chi connectivity index (χ4n) is 3.24. The van der Waals surface area contributed by atoms with Crippen molar-refractivity contribution in [2.24, 2.45) is 0 Å². The molecule has 1 aliphatic rings. The minimum Gasteiger partial charge on any atom is -0.493 e. The van der Waals surface area contributed by atoms with E-state index in [4.69, 9.17) is 4.74 Å². The van der Waals surface area contributed by atoms with Gasteiger partial charge in [0.05, 0.1) is 41.3 Å². The molecule has 4 heterocycles. The van der Waals surface area contributed by atoms with Gasteiger partial charge in [0.1, 0.15) is 0 Å². The molecule has 0 bridgehead atoms. The summed E-state index contributed by atoms with van der Waals surface area (Å²) in [5, 5.41) is 14.8. The highest BCUT2D eigenvalue weighted by atomic mass is 32.2. The highest BCUT2D eigenvalue weighted by Crippen LogP contribution is 2.28. The molecule has 28 heavy (non-hydrogen) atoms. The molecule has 0 amide bonds. The van der Waals surface area contributed by atoms with Gasteiger partial charge in [0.25, 0.3) is 0 Å². The SMILES string of the molecule is CCS(=O)(=O)N1CCC[C@@H](n2cc(Oc3nc(O)c4ccncc4n3)cn2)C1. The molecular weight excluding hydrogens is 384 g/mol. The smallest absolute Gasteiger partial charge is 0.326 e. The Hall–Kier alpha value is -2.79. The molecule has 0 aliphatic carbocycles. The summed E-state index contributed by atoms with van der Waals surface area (Å²) in [7, 11) is -3.22.